The molecule has 0 saturated carbocycles. The summed E-state index contributed by atoms with van der Waals surface area (Å²) >= 11 is 0. The molecular weight excluding hydrogens is 314 g/mol. The van der Waals surface area contributed by atoms with E-state index < -0.39 is 11.6 Å². The number of amides is 1. The zero-order chi connectivity index (χ0) is 16.7. The molecule has 0 bridgehead atoms. The number of aromatic nitrogens is 2. The van der Waals surface area contributed by atoms with Crippen LogP contribution in [0.25, 0.3) is 0 Å². The van der Waals surface area contributed by atoms with E-state index in [0.717, 1.165) is 30.9 Å². The standard InChI is InChI=1S/C17H16F2N4O/c18-13-2-1-12(7-14(13)19)23-11-17(8-16(23)24)3-6-22(10-17)15-9-20-4-5-21-15/h1-2,4-5,7,9H,3,6,8,10-11H2/t17-/m0/s1. The summed E-state index contributed by atoms with van der Waals surface area (Å²) in [7, 11) is 0. The van der Waals surface area contributed by atoms with Gasteiger partial charge in [0.15, 0.2) is 11.6 Å². The van der Waals surface area contributed by atoms with Crippen LogP contribution in [0.3, 0.4) is 0 Å². The first kappa shape index (κ1) is 15.0. The lowest BCUT2D eigenvalue weighted by molar-refractivity contribution is -0.117. The summed E-state index contributed by atoms with van der Waals surface area (Å²) in [5.41, 5.74) is 0.230. The second kappa shape index (κ2) is 5.51. The molecule has 1 spiro atoms. The van der Waals surface area contributed by atoms with E-state index in [2.05, 4.69) is 14.9 Å². The van der Waals surface area contributed by atoms with Gasteiger partial charge in [0.2, 0.25) is 5.91 Å². The van der Waals surface area contributed by atoms with Crippen molar-refractivity contribution in [3.8, 4) is 0 Å². The maximum atomic E-state index is 13.5. The van der Waals surface area contributed by atoms with Crippen LogP contribution in [0.1, 0.15) is 12.8 Å². The van der Waals surface area contributed by atoms with E-state index >= 15 is 0 Å². The monoisotopic (exact) mass is 330 g/mol. The zero-order valence-electron chi connectivity index (χ0n) is 13.0. The molecule has 0 radical (unpaired) electrons. The molecule has 1 atom stereocenters. The van der Waals surface area contributed by atoms with Crippen LogP contribution in [0.4, 0.5) is 20.3 Å². The Morgan fingerprint density at radius 1 is 1.12 bits per heavy atom. The highest BCUT2D eigenvalue weighted by Crippen LogP contribution is 2.42. The predicted octanol–water partition coefficient (Wildman–Crippen LogP) is 2.39. The first-order valence-electron chi connectivity index (χ1n) is 7.83. The maximum Gasteiger partial charge on any atom is 0.227 e. The summed E-state index contributed by atoms with van der Waals surface area (Å²) in [5, 5.41) is 0. The lowest BCUT2D eigenvalue weighted by Crippen LogP contribution is -2.31. The van der Waals surface area contributed by atoms with E-state index in [-0.39, 0.29) is 11.3 Å². The molecule has 2 aliphatic heterocycles. The molecule has 5 nitrogen and oxygen atoms in total. The van der Waals surface area contributed by atoms with Crippen LogP contribution >= 0.6 is 0 Å². The van der Waals surface area contributed by atoms with Crippen molar-refractivity contribution in [3.63, 3.8) is 0 Å². The summed E-state index contributed by atoms with van der Waals surface area (Å²) in [6.45, 7) is 2.02. The molecule has 1 aromatic carbocycles. The van der Waals surface area contributed by atoms with Crippen molar-refractivity contribution in [2.24, 2.45) is 5.41 Å². The first-order chi connectivity index (χ1) is 11.6. The highest BCUT2D eigenvalue weighted by Gasteiger charge is 2.48. The molecule has 2 saturated heterocycles. The van der Waals surface area contributed by atoms with Crippen LogP contribution in [-0.4, -0.2) is 35.5 Å². The molecule has 3 heterocycles. The summed E-state index contributed by atoms with van der Waals surface area (Å²) < 4.78 is 26.6. The van der Waals surface area contributed by atoms with Crippen LogP contribution < -0.4 is 9.80 Å². The van der Waals surface area contributed by atoms with Gasteiger partial charge in [-0.15, -0.1) is 0 Å². The van der Waals surface area contributed by atoms with Crippen LogP contribution in [0.2, 0.25) is 0 Å². The fourth-order valence-corrected chi connectivity index (χ4v) is 3.64. The Morgan fingerprint density at radius 3 is 2.75 bits per heavy atom. The zero-order valence-corrected chi connectivity index (χ0v) is 13.0. The highest BCUT2D eigenvalue weighted by molar-refractivity contribution is 5.96. The van der Waals surface area contributed by atoms with Crippen molar-refractivity contribution in [2.75, 3.05) is 29.4 Å². The Hall–Kier alpha value is -2.57. The van der Waals surface area contributed by atoms with E-state index in [4.69, 9.17) is 0 Å². The molecule has 0 aliphatic carbocycles. The van der Waals surface area contributed by atoms with Gasteiger partial charge in [-0.1, -0.05) is 0 Å². The molecule has 0 N–H and O–H groups in total. The van der Waals surface area contributed by atoms with Gasteiger partial charge in [0.05, 0.1) is 6.20 Å². The molecule has 1 amide bonds. The number of anilines is 2. The van der Waals surface area contributed by atoms with Gasteiger partial charge in [-0.05, 0) is 18.6 Å². The number of benzene rings is 1. The van der Waals surface area contributed by atoms with Crippen molar-refractivity contribution in [1.29, 1.82) is 0 Å². The van der Waals surface area contributed by atoms with E-state index in [1.54, 1.807) is 23.5 Å². The van der Waals surface area contributed by atoms with Crippen molar-refractivity contribution in [1.82, 2.24) is 9.97 Å². The molecule has 24 heavy (non-hydrogen) atoms. The second-order valence-corrected chi connectivity index (χ2v) is 6.49. The van der Waals surface area contributed by atoms with Gasteiger partial charge in [0.25, 0.3) is 0 Å². The fourth-order valence-electron chi connectivity index (χ4n) is 3.64. The lowest BCUT2D eigenvalue weighted by Gasteiger charge is -2.24. The van der Waals surface area contributed by atoms with Gasteiger partial charge >= 0.3 is 0 Å². The number of carbonyl (C=O) groups excluding carboxylic acids is 1. The van der Waals surface area contributed by atoms with E-state index in [1.807, 2.05) is 0 Å². The third kappa shape index (κ3) is 2.50. The third-order valence-corrected chi connectivity index (χ3v) is 4.85. The molecule has 1 aromatic heterocycles. The van der Waals surface area contributed by atoms with Crippen molar-refractivity contribution >= 4 is 17.4 Å². The van der Waals surface area contributed by atoms with Crippen molar-refractivity contribution < 1.29 is 13.6 Å². The predicted molar refractivity (Wildman–Crippen MR) is 84.6 cm³/mol. The number of halogens is 2. The Kier molecular flexibility index (Phi) is 3.44. The van der Waals surface area contributed by atoms with Crippen LogP contribution in [-0.2, 0) is 4.79 Å². The van der Waals surface area contributed by atoms with Gasteiger partial charge in [-0.2, -0.15) is 0 Å². The minimum atomic E-state index is -0.936. The topological polar surface area (TPSA) is 49.3 Å². The average molecular weight is 330 g/mol. The molecule has 2 aliphatic rings. The number of hydrogen-bond donors (Lipinski definition) is 0. The minimum Gasteiger partial charge on any atom is -0.355 e. The second-order valence-electron chi connectivity index (χ2n) is 6.49. The Labute approximate surface area is 137 Å². The lowest BCUT2D eigenvalue weighted by atomic mass is 9.86. The molecule has 4 rings (SSSR count). The van der Waals surface area contributed by atoms with Gasteiger partial charge in [-0.25, -0.2) is 13.8 Å². The smallest absolute Gasteiger partial charge is 0.227 e. The minimum absolute atomic E-state index is 0.0537. The Morgan fingerprint density at radius 2 is 2.00 bits per heavy atom. The summed E-state index contributed by atoms with van der Waals surface area (Å²) in [5.74, 6) is -1.10. The van der Waals surface area contributed by atoms with E-state index in [0.29, 0.717) is 25.2 Å². The fraction of sp³-hybridized carbons (Fsp3) is 0.353. The number of nitrogens with zero attached hydrogens (tertiary/aromatic N) is 4. The van der Waals surface area contributed by atoms with Crippen LogP contribution in [0.5, 0.6) is 0 Å². The number of rotatable bonds is 2. The normalized spacial score (nSPS) is 23.5. The largest absolute Gasteiger partial charge is 0.355 e. The molecule has 2 fully saturated rings. The summed E-state index contributed by atoms with van der Waals surface area (Å²) in [4.78, 5) is 24.5. The molecular formula is C17H16F2N4O. The molecule has 7 heteroatoms. The summed E-state index contributed by atoms with van der Waals surface area (Å²) in [6.07, 6.45) is 6.24. The number of hydrogen-bond acceptors (Lipinski definition) is 4. The van der Waals surface area contributed by atoms with Gasteiger partial charge in [-0.3, -0.25) is 9.78 Å². The highest BCUT2D eigenvalue weighted by atomic mass is 19.2. The van der Waals surface area contributed by atoms with Gasteiger partial charge in [0, 0.05) is 55.6 Å². The third-order valence-electron chi connectivity index (χ3n) is 4.85. The summed E-state index contributed by atoms with van der Waals surface area (Å²) in [6, 6.07) is 3.59. The SMILES string of the molecule is O=C1C[C@]2(CCN(c3cnccn3)C2)CN1c1ccc(F)c(F)c1. The maximum absolute atomic E-state index is 13.5. The molecule has 124 valence electrons. The van der Waals surface area contributed by atoms with Crippen molar-refractivity contribution in [3.05, 3.63) is 48.4 Å². The Bertz CT molecular complexity index is 785. The van der Waals surface area contributed by atoms with Gasteiger partial charge < -0.3 is 9.80 Å². The van der Waals surface area contributed by atoms with Gasteiger partial charge in [0.1, 0.15) is 5.82 Å². The average Bonchev–Trinajstić information content (AvgIpc) is 3.14. The van der Waals surface area contributed by atoms with E-state index in [9.17, 15) is 13.6 Å². The van der Waals surface area contributed by atoms with Crippen molar-refractivity contribution in [2.45, 2.75) is 12.8 Å². The number of carbonyl (C=O) groups is 1. The van der Waals surface area contributed by atoms with Crippen LogP contribution in [0.15, 0.2) is 36.8 Å². The van der Waals surface area contributed by atoms with E-state index in [1.165, 1.54) is 6.07 Å². The van der Waals surface area contributed by atoms with Crippen LogP contribution in [0, 0.1) is 17.0 Å². The first-order valence-corrected chi connectivity index (χ1v) is 7.83. The molecule has 2 aromatic rings. The quantitative estimate of drug-likeness (QED) is 0.848. The Balaban J connectivity index is 1.55. The molecule has 0 unspecified atom stereocenters.